The molecule has 7 nitrogen and oxygen atoms in total. The number of amides is 2. The Morgan fingerprint density at radius 3 is 2.67 bits per heavy atom. The predicted octanol–water partition coefficient (Wildman–Crippen LogP) is 0.923. The van der Waals surface area contributed by atoms with Crippen molar-refractivity contribution >= 4 is 49.4 Å². The van der Waals surface area contributed by atoms with Gasteiger partial charge in [0.25, 0.3) is 0 Å². The maximum Gasteiger partial charge on any atom is 0.247 e. The van der Waals surface area contributed by atoms with Crippen molar-refractivity contribution in [3.8, 4) is 0 Å². The smallest absolute Gasteiger partial charge is 0.247 e. The third kappa shape index (κ3) is 2.83. The molecule has 114 valence electrons. The van der Waals surface area contributed by atoms with Crippen LogP contribution in [-0.2, 0) is 19.6 Å². The maximum atomic E-state index is 12.7. The molecule has 1 fully saturated rings. The number of aromatic nitrogens is 1. The van der Waals surface area contributed by atoms with Crippen molar-refractivity contribution in [1.29, 1.82) is 0 Å². The van der Waals surface area contributed by atoms with Crippen LogP contribution in [0.2, 0.25) is 5.15 Å². The monoisotopic (exact) mass is 395 g/mol. The first-order valence-electron chi connectivity index (χ1n) is 5.75. The number of halogens is 2. The van der Waals surface area contributed by atoms with E-state index in [2.05, 4.69) is 26.2 Å². The van der Waals surface area contributed by atoms with E-state index in [1.807, 2.05) is 0 Å². The van der Waals surface area contributed by atoms with Crippen molar-refractivity contribution in [1.82, 2.24) is 14.6 Å². The molecule has 2 heterocycles. The molecule has 0 spiro atoms. The van der Waals surface area contributed by atoms with Crippen LogP contribution in [0.25, 0.3) is 0 Å². The fourth-order valence-electron chi connectivity index (χ4n) is 1.85. The molecular weight excluding hydrogens is 386 g/mol. The van der Waals surface area contributed by atoms with E-state index in [1.165, 1.54) is 26.1 Å². The molecule has 0 radical (unpaired) electrons. The summed E-state index contributed by atoms with van der Waals surface area (Å²) in [5, 5.41) is 1.88. The largest absolute Gasteiger partial charge is 0.294 e. The van der Waals surface area contributed by atoms with Crippen molar-refractivity contribution in [2.75, 3.05) is 6.54 Å². The number of hydrogen-bond acceptors (Lipinski definition) is 5. The molecule has 10 heteroatoms. The number of hydrogen-bond donors (Lipinski definition) is 1. The standard InChI is InChI=1S/C11H11BrClN3O4S/c1-11(2)10(18)15-8(17)5-16(11)21(19,20)7-3-6(12)4-14-9(7)13/h3-4H,5H2,1-2H3,(H,15,17,18). The van der Waals surface area contributed by atoms with Gasteiger partial charge in [0.15, 0.2) is 0 Å². The van der Waals surface area contributed by atoms with E-state index in [9.17, 15) is 18.0 Å². The summed E-state index contributed by atoms with van der Waals surface area (Å²) in [5.41, 5.74) is -1.42. The molecule has 1 aromatic rings. The van der Waals surface area contributed by atoms with Crippen LogP contribution < -0.4 is 5.32 Å². The van der Waals surface area contributed by atoms with E-state index in [1.54, 1.807) is 0 Å². The van der Waals surface area contributed by atoms with Crippen molar-refractivity contribution < 1.29 is 18.0 Å². The number of carbonyl (C=O) groups is 2. The maximum absolute atomic E-state index is 12.7. The number of nitrogens with one attached hydrogen (secondary N) is 1. The number of nitrogens with zero attached hydrogens (tertiary/aromatic N) is 2. The highest BCUT2D eigenvalue weighted by Crippen LogP contribution is 2.31. The van der Waals surface area contributed by atoms with E-state index in [0.29, 0.717) is 4.47 Å². The van der Waals surface area contributed by atoms with Crippen LogP contribution in [0.1, 0.15) is 13.8 Å². The number of sulfonamides is 1. The van der Waals surface area contributed by atoms with Crippen LogP contribution in [-0.4, -0.2) is 41.6 Å². The highest BCUT2D eigenvalue weighted by molar-refractivity contribution is 9.10. The van der Waals surface area contributed by atoms with Crippen LogP contribution in [0.5, 0.6) is 0 Å². The van der Waals surface area contributed by atoms with Gasteiger partial charge in [0.1, 0.15) is 15.6 Å². The molecule has 2 rings (SSSR count). The molecule has 1 aliphatic rings. The summed E-state index contributed by atoms with van der Waals surface area (Å²) < 4.78 is 26.7. The molecule has 2 amide bonds. The fraction of sp³-hybridized carbons (Fsp3) is 0.364. The van der Waals surface area contributed by atoms with Crippen molar-refractivity contribution in [3.63, 3.8) is 0 Å². The third-order valence-corrected chi connectivity index (χ3v) is 5.94. The Kier molecular flexibility index (Phi) is 4.13. The lowest BCUT2D eigenvalue weighted by Crippen LogP contribution is -2.65. The normalized spacial score (nSPS) is 19.4. The first kappa shape index (κ1) is 16.3. The second-order valence-corrected chi connectivity index (χ2v) is 7.99. The molecule has 0 unspecified atom stereocenters. The number of piperazine rings is 1. The van der Waals surface area contributed by atoms with Gasteiger partial charge in [0.2, 0.25) is 21.8 Å². The molecule has 1 aromatic heterocycles. The average Bonchev–Trinajstić information content (AvgIpc) is 2.36. The van der Waals surface area contributed by atoms with Gasteiger partial charge in [0.05, 0.1) is 6.54 Å². The zero-order chi connectivity index (χ0) is 16.0. The predicted molar refractivity (Wildman–Crippen MR) is 78.1 cm³/mol. The molecule has 0 aliphatic carbocycles. The Morgan fingerprint density at radius 2 is 2.05 bits per heavy atom. The number of pyridine rings is 1. The van der Waals surface area contributed by atoms with Gasteiger partial charge in [-0.2, -0.15) is 4.31 Å². The minimum Gasteiger partial charge on any atom is -0.294 e. The Hall–Kier alpha value is -1.03. The quantitative estimate of drug-likeness (QED) is 0.592. The summed E-state index contributed by atoms with van der Waals surface area (Å²) in [6.07, 6.45) is 1.35. The lowest BCUT2D eigenvalue weighted by Gasteiger charge is -2.38. The van der Waals surface area contributed by atoms with Crippen LogP contribution in [0.3, 0.4) is 0 Å². The van der Waals surface area contributed by atoms with Gasteiger partial charge in [-0.1, -0.05) is 11.6 Å². The van der Waals surface area contributed by atoms with Gasteiger partial charge >= 0.3 is 0 Å². The van der Waals surface area contributed by atoms with E-state index < -0.39 is 33.9 Å². The molecule has 21 heavy (non-hydrogen) atoms. The topological polar surface area (TPSA) is 96.4 Å². The highest BCUT2D eigenvalue weighted by atomic mass is 79.9. The molecule has 0 atom stereocenters. The van der Waals surface area contributed by atoms with Gasteiger partial charge in [-0.15, -0.1) is 0 Å². The van der Waals surface area contributed by atoms with Gasteiger partial charge in [0, 0.05) is 10.7 Å². The zero-order valence-corrected chi connectivity index (χ0v) is 14.2. The van der Waals surface area contributed by atoms with Gasteiger partial charge in [-0.3, -0.25) is 14.9 Å². The minimum absolute atomic E-state index is 0.229. The Morgan fingerprint density at radius 1 is 1.43 bits per heavy atom. The second-order valence-electron chi connectivity index (χ2n) is 4.89. The summed E-state index contributed by atoms with van der Waals surface area (Å²) in [4.78, 5) is 26.9. The van der Waals surface area contributed by atoms with Crippen molar-refractivity contribution in [2.24, 2.45) is 0 Å². The van der Waals surface area contributed by atoms with E-state index in [0.717, 1.165) is 4.31 Å². The second kappa shape index (κ2) is 5.31. The van der Waals surface area contributed by atoms with Gasteiger partial charge in [-0.25, -0.2) is 13.4 Å². The van der Waals surface area contributed by atoms with Gasteiger partial charge in [-0.05, 0) is 35.8 Å². The molecule has 0 bridgehead atoms. The summed E-state index contributed by atoms with van der Waals surface area (Å²) in [6.45, 7) is 2.35. The van der Waals surface area contributed by atoms with Crippen molar-refractivity contribution in [2.45, 2.75) is 24.3 Å². The number of carbonyl (C=O) groups excluding carboxylic acids is 2. The molecule has 0 saturated carbocycles. The van der Waals surface area contributed by atoms with Crippen LogP contribution in [0, 0.1) is 0 Å². The van der Waals surface area contributed by atoms with Crippen LogP contribution in [0.4, 0.5) is 0 Å². The summed E-state index contributed by atoms with van der Waals surface area (Å²) in [5.74, 6) is -1.39. The van der Waals surface area contributed by atoms with Gasteiger partial charge < -0.3 is 0 Å². The Bertz CT molecular complexity index is 735. The number of imide groups is 1. The third-order valence-electron chi connectivity index (χ3n) is 3.06. The zero-order valence-electron chi connectivity index (χ0n) is 11.1. The van der Waals surface area contributed by atoms with E-state index >= 15 is 0 Å². The molecule has 0 aromatic carbocycles. The van der Waals surface area contributed by atoms with E-state index in [-0.39, 0.29) is 10.0 Å². The van der Waals surface area contributed by atoms with Crippen molar-refractivity contribution in [3.05, 3.63) is 21.9 Å². The summed E-state index contributed by atoms with van der Waals surface area (Å²) in [7, 11) is -4.16. The Labute approximate surface area is 134 Å². The molecule has 1 N–H and O–H groups in total. The first-order chi connectivity index (χ1) is 9.56. The molecule has 1 saturated heterocycles. The van der Waals surface area contributed by atoms with E-state index in [4.69, 9.17) is 11.6 Å². The molecular formula is C11H11BrClN3O4S. The fourth-order valence-corrected chi connectivity index (χ4v) is 4.48. The SMILES string of the molecule is CC1(C)C(=O)NC(=O)CN1S(=O)(=O)c1cc(Br)cnc1Cl. The number of rotatable bonds is 2. The van der Waals surface area contributed by atoms with Crippen LogP contribution >= 0.6 is 27.5 Å². The first-order valence-corrected chi connectivity index (χ1v) is 8.36. The average molecular weight is 397 g/mol. The highest BCUT2D eigenvalue weighted by Gasteiger charge is 2.48. The molecule has 1 aliphatic heterocycles. The summed E-state index contributed by atoms with van der Waals surface area (Å²) >= 11 is 8.96. The lowest BCUT2D eigenvalue weighted by atomic mass is 10.0. The lowest BCUT2D eigenvalue weighted by molar-refractivity contribution is -0.141. The minimum atomic E-state index is -4.16. The summed E-state index contributed by atoms with van der Waals surface area (Å²) in [6, 6.07) is 1.28. The Balaban J connectivity index is 2.59. The van der Waals surface area contributed by atoms with Crippen LogP contribution in [0.15, 0.2) is 21.6 Å².